The molecule has 1 saturated heterocycles. The molecule has 1 atom stereocenters. The first-order valence-corrected chi connectivity index (χ1v) is 7.49. The van der Waals surface area contributed by atoms with E-state index in [0.717, 1.165) is 48.4 Å². The molecule has 1 aromatic heterocycles. The van der Waals surface area contributed by atoms with Crippen molar-refractivity contribution in [2.75, 3.05) is 13.2 Å². The molecular weight excluding hydrogens is 266 g/mol. The van der Waals surface area contributed by atoms with Crippen molar-refractivity contribution in [2.45, 2.75) is 31.8 Å². The highest BCUT2D eigenvalue weighted by atomic mass is 16.7. The van der Waals surface area contributed by atoms with Crippen LogP contribution in [0.25, 0.3) is 10.9 Å². The van der Waals surface area contributed by atoms with Crippen LogP contribution in [0.3, 0.4) is 0 Å². The van der Waals surface area contributed by atoms with Crippen LogP contribution in [0.4, 0.5) is 0 Å². The largest absolute Gasteiger partial charge is 0.386 e. The van der Waals surface area contributed by atoms with Gasteiger partial charge in [-0.3, -0.25) is 4.68 Å². The minimum atomic E-state index is -0.217. The average Bonchev–Trinajstić information content (AvgIpc) is 3.21. The maximum atomic E-state index is 5.68. The molecule has 5 nitrogen and oxygen atoms in total. The summed E-state index contributed by atoms with van der Waals surface area (Å²) in [5.41, 5.74) is 4.21. The summed E-state index contributed by atoms with van der Waals surface area (Å²) < 4.78 is 7.41. The van der Waals surface area contributed by atoms with Gasteiger partial charge in [0.05, 0.1) is 30.1 Å². The van der Waals surface area contributed by atoms with E-state index in [1.54, 1.807) is 0 Å². The molecule has 0 saturated carbocycles. The molecule has 2 aliphatic rings. The summed E-state index contributed by atoms with van der Waals surface area (Å²) in [7, 11) is 1.99. The molecule has 0 radical (unpaired) electrons. The molecule has 5 heteroatoms. The van der Waals surface area contributed by atoms with Crippen LogP contribution in [0, 0.1) is 0 Å². The van der Waals surface area contributed by atoms with Gasteiger partial charge in [-0.25, -0.2) is 0 Å². The number of ether oxygens (including phenoxy) is 1. The second-order valence-corrected chi connectivity index (χ2v) is 5.95. The summed E-state index contributed by atoms with van der Waals surface area (Å²) in [4.78, 5) is 5.68. The van der Waals surface area contributed by atoms with Crippen LogP contribution in [0.15, 0.2) is 23.4 Å². The van der Waals surface area contributed by atoms with Crippen LogP contribution in [0.5, 0.6) is 0 Å². The molecule has 2 aliphatic heterocycles. The molecule has 110 valence electrons. The summed E-state index contributed by atoms with van der Waals surface area (Å²) in [5, 5.41) is 10.1. The molecule has 1 spiro atoms. The molecule has 0 amide bonds. The highest BCUT2D eigenvalue weighted by Gasteiger charge is 2.43. The van der Waals surface area contributed by atoms with Crippen LogP contribution < -0.4 is 0 Å². The lowest BCUT2D eigenvalue weighted by Crippen LogP contribution is -2.29. The number of benzene rings is 1. The van der Waals surface area contributed by atoms with Gasteiger partial charge in [-0.05, 0) is 12.5 Å². The van der Waals surface area contributed by atoms with Crippen molar-refractivity contribution in [1.82, 2.24) is 9.78 Å². The minimum absolute atomic E-state index is 0.217. The fourth-order valence-electron chi connectivity index (χ4n) is 3.25. The van der Waals surface area contributed by atoms with Crippen molar-refractivity contribution >= 4 is 16.6 Å². The van der Waals surface area contributed by atoms with E-state index >= 15 is 0 Å². The summed E-state index contributed by atoms with van der Waals surface area (Å²) in [6, 6.07) is 6.44. The van der Waals surface area contributed by atoms with Gasteiger partial charge in [0, 0.05) is 30.8 Å². The number of hydrogen-bond donors (Lipinski definition) is 0. The van der Waals surface area contributed by atoms with Gasteiger partial charge in [-0.15, -0.1) is 0 Å². The number of fused-ring (bicyclic) bond motifs is 1. The highest BCUT2D eigenvalue weighted by Crippen LogP contribution is 2.34. The lowest BCUT2D eigenvalue weighted by Gasteiger charge is -2.17. The SMILES string of the molecule is CCc1nn(C)c2cc(C3=NOC4(CCOC4)C3)ccc12. The zero-order chi connectivity index (χ0) is 14.4. The van der Waals surface area contributed by atoms with E-state index in [0.29, 0.717) is 6.61 Å². The third-order valence-corrected chi connectivity index (χ3v) is 4.50. The van der Waals surface area contributed by atoms with Gasteiger partial charge in [0.1, 0.15) is 0 Å². The van der Waals surface area contributed by atoms with E-state index in [4.69, 9.17) is 9.57 Å². The van der Waals surface area contributed by atoms with Gasteiger partial charge in [0.25, 0.3) is 0 Å². The zero-order valence-corrected chi connectivity index (χ0v) is 12.4. The Labute approximate surface area is 123 Å². The molecule has 0 aliphatic carbocycles. The summed E-state index contributed by atoms with van der Waals surface area (Å²) in [6.45, 7) is 3.55. The lowest BCUT2D eigenvalue weighted by atomic mass is 9.93. The number of hydrogen-bond acceptors (Lipinski definition) is 4. The Morgan fingerprint density at radius 2 is 2.29 bits per heavy atom. The smallest absolute Gasteiger partial charge is 0.168 e. The zero-order valence-electron chi connectivity index (χ0n) is 12.4. The first kappa shape index (κ1) is 12.8. The Kier molecular flexibility index (Phi) is 2.79. The van der Waals surface area contributed by atoms with Crippen molar-refractivity contribution in [1.29, 1.82) is 0 Å². The topological polar surface area (TPSA) is 48.6 Å². The first-order valence-electron chi connectivity index (χ1n) is 7.49. The van der Waals surface area contributed by atoms with Gasteiger partial charge >= 0.3 is 0 Å². The summed E-state index contributed by atoms with van der Waals surface area (Å²) in [6.07, 6.45) is 2.70. The average molecular weight is 285 g/mol. The minimum Gasteiger partial charge on any atom is -0.386 e. The second kappa shape index (κ2) is 4.56. The van der Waals surface area contributed by atoms with Crippen LogP contribution in [-0.2, 0) is 23.0 Å². The normalized spacial score (nSPS) is 24.8. The molecule has 1 unspecified atom stereocenters. The molecule has 0 bridgehead atoms. The van der Waals surface area contributed by atoms with Crippen LogP contribution in [-0.4, -0.2) is 34.3 Å². The Bertz CT molecular complexity index is 726. The number of aryl methyl sites for hydroxylation is 2. The van der Waals surface area contributed by atoms with Crippen LogP contribution in [0.1, 0.15) is 31.0 Å². The van der Waals surface area contributed by atoms with Crippen molar-refractivity contribution in [3.05, 3.63) is 29.5 Å². The van der Waals surface area contributed by atoms with E-state index in [2.05, 4.69) is 35.4 Å². The summed E-state index contributed by atoms with van der Waals surface area (Å²) >= 11 is 0. The van der Waals surface area contributed by atoms with Gasteiger partial charge in [0.15, 0.2) is 5.60 Å². The van der Waals surface area contributed by atoms with Crippen molar-refractivity contribution in [2.24, 2.45) is 12.2 Å². The lowest BCUT2D eigenvalue weighted by molar-refractivity contribution is -0.0237. The molecule has 1 aromatic carbocycles. The van der Waals surface area contributed by atoms with Crippen molar-refractivity contribution < 1.29 is 9.57 Å². The predicted octanol–water partition coefficient (Wildman–Crippen LogP) is 2.42. The monoisotopic (exact) mass is 285 g/mol. The quantitative estimate of drug-likeness (QED) is 0.851. The molecule has 21 heavy (non-hydrogen) atoms. The van der Waals surface area contributed by atoms with Gasteiger partial charge < -0.3 is 9.57 Å². The third kappa shape index (κ3) is 1.95. The molecule has 3 heterocycles. The van der Waals surface area contributed by atoms with Crippen molar-refractivity contribution in [3.8, 4) is 0 Å². The van der Waals surface area contributed by atoms with E-state index < -0.39 is 0 Å². The number of oxime groups is 1. The van der Waals surface area contributed by atoms with E-state index in [1.165, 1.54) is 5.39 Å². The Morgan fingerprint density at radius 1 is 1.38 bits per heavy atom. The van der Waals surface area contributed by atoms with Crippen molar-refractivity contribution in [3.63, 3.8) is 0 Å². The molecular formula is C16H19N3O2. The second-order valence-electron chi connectivity index (χ2n) is 5.95. The Balaban J connectivity index is 1.70. The third-order valence-electron chi connectivity index (χ3n) is 4.50. The molecule has 0 N–H and O–H groups in total. The standard InChI is InChI=1S/C16H19N3O2/c1-3-13-12-5-4-11(8-15(12)19(2)17-13)14-9-16(21-18-14)6-7-20-10-16/h4-5,8H,3,6-7,9-10H2,1-2H3. The van der Waals surface area contributed by atoms with Gasteiger partial charge in [-0.2, -0.15) is 5.10 Å². The number of aromatic nitrogens is 2. The van der Waals surface area contributed by atoms with E-state index in [-0.39, 0.29) is 5.60 Å². The molecule has 1 fully saturated rings. The first-order chi connectivity index (χ1) is 10.2. The number of nitrogens with zero attached hydrogens (tertiary/aromatic N) is 3. The fourth-order valence-corrected chi connectivity index (χ4v) is 3.25. The van der Waals surface area contributed by atoms with Gasteiger partial charge in [-0.1, -0.05) is 24.2 Å². The molecule has 2 aromatic rings. The predicted molar refractivity (Wildman–Crippen MR) is 80.5 cm³/mol. The fraction of sp³-hybridized carbons (Fsp3) is 0.500. The van der Waals surface area contributed by atoms with E-state index in [1.807, 2.05) is 11.7 Å². The van der Waals surface area contributed by atoms with E-state index in [9.17, 15) is 0 Å². The summed E-state index contributed by atoms with van der Waals surface area (Å²) in [5.74, 6) is 0. The highest BCUT2D eigenvalue weighted by molar-refractivity contribution is 6.04. The Hall–Kier alpha value is -1.88. The van der Waals surface area contributed by atoms with Crippen LogP contribution >= 0.6 is 0 Å². The van der Waals surface area contributed by atoms with Gasteiger partial charge in [0.2, 0.25) is 0 Å². The Morgan fingerprint density at radius 3 is 3.05 bits per heavy atom. The maximum absolute atomic E-state index is 5.68. The maximum Gasteiger partial charge on any atom is 0.168 e. The van der Waals surface area contributed by atoms with Crippen LogP contribution in [0.2, 0.25) is 0 Å². The number of rotatable bonds is 2. The molecule has 4 rings (SSSR count).